The van der Waals surface area contributed by atoms with E-state index in [2.05, 4.69) is 13.0 Å². The highest BCUT2D eigenvalue weighted by molar-refractivity contribution is 5.87. The number of halogens is 6. The van der Waals surface area contributed by atoms with Crippen LogP contribution in [0.2, 0.25) is 0 Å². The summed E-state index contributed by atoms with van der Waals surface area (Å²) < 4.78 is 92.3. The lowest BCUT2D eigenvalue weighted by molar-refractivity contribution is -0.0696. The van der Waals surface area contributed by atoms with Gasteiger partial charge in [0.15, 0.2) is 5.82 Å². The number of benzene rings is 2. The fraction of sp³-hybridized carbons (Fsp3) is 0.533. The lowest BCUT2D eigenvalue weighted by Gasteiger charge is -2.33. The van der Waals surface area contributed by atoms with Crippen LogP contribution in [0.5, 0.6) is 5.75 Å². The molecule has 206 valence electrons. The minimum atomic E-state index is -4.93. The van der Waals surface area contributed by atoms with Crippen LogP contribution in [0.25, 0.3) is 10.8 Å². The van der Waals surface area contributed by atoms with Gasteiger partial charge in [0.05, 0.1) is 23.7 Å². The van der Waals surface area contributed by atoms with Crippen LogP contribution in [-0.4, -0.2) is 25.5 Å². The predicted molar refractivity (Wildman–Crippen MR) is 134 cm³/mol. The SMILES string of the molecule is CCCCCC1CC=C(C2CCC(COc3cc(F)c4c(F)c(C#CC(F)(F)F)c(F)cc4c3)OC2)CC1. The Labute approximate surface area is 219 Å². The third-order valence-corrected chi connectivity index (χ3v) is 7.48. The first-order valence-corrected chi connectivity index (χ1v) is 13.3. The molecule has 0 aromatic heterocycles. The number of allylic oxidation sites excluding steroid dienone is 1. The van der Waals surface area contributed by atoms with Crippen LogP contribution in [0.3, 0.4) is 0 Å². The molecule has 2 nitrogen and oxygen atoms in total. The number of alkyl halides is 3. The van der Waals surface area contributed by atoms with Gasteiger partial charge in [-0.3, -0.25) is 0 Å². The molecule has 0 saturated carbocycles. The van der Waals surface area contributed by atoms with E-state index in [9.17, 15) is 26.3 Å². The fourth-order valence-electron chi connectivity index (χ4n) is 5.36. The molecule has 3 unspecified atom stereocenters. The molecular formula is C30H32F6O2. The first-order chi connectivity index (χ1) is 18.1. The van der Waals surface area contributed by atoms with E-state index in [-0.39, 0.29) is 23.8 Å². The maximum Gasteiger partial charge on any atom is 0.458 e. The molecule has 0 bridgehead atoms. The van der Waals surface area contributed by atoms with Crippen molar-refractivity contribution in [2.45, 2.75) is 77.0 Å². The molecule has 8 heteroatoms. The Morgan fingerprint density at radius 1 is 1.03 bits per heavy atom. The van der Waals surface area contributed by atoms with Gasteiger partial charge in [0.1, 0.15) is 24.0 Å². The Balaban J connectivity index is 1.33. The van der Waals surface area contributed by atoms with Crippen molar-refractivity contribution in [3.63, 3.8) is 0 Å². The van der Waals surface area contributed by atoms with Crippen LogP contribution >= 0.6 is 0 Å². The second-order valence-electron chi connectivity index (χ2n) is 10.3. The largest absolute Gasteiger partial charge is 0.491 e. The molecule has 0 spiro atoms. The van der Waals surface area contributed by atoms with E-state index in [1.807, 2.05) is 0 Å². The van der Waals surface area contributed by atoms with E-state index in [0.29, 0.717) is 12.5 Å². The zero-order chi connectivity index (χ0) is 27.3. The lowest BCUT2D eigenvalue weighted by Crippen LogP contribution is -2.31. The standard InChI is InChI=1S/C30H32F6O2/c1-2-3-4-5-19-6-8-20(9-7-19)21-10-11-23(37-17-21)18-38-24-14-22-15-26(31)25(12-13-30(34,35)36)29(33)28(22)27(32)16-24/h8,14-16,19,21,23H,2-7,9-11,17-18H2,1H3. The van der Waals surface area contributed by atoms with Crippen molar-refractivity contribution in [2.24, 2.45) is 11.8 Å². The van der Waals surface area contributed by atoms with E-state index in [4.69, 9.17) is 9.47 Å². The molecule has 2 aromatic rings. The number of unbranched alkanes of at least 4 members (excludes halogenated alkanes) is 2. The van der Waals surface area contributed by atoms with Crippen molar-refractivity contribution in [1.82, 2.24) is 0 Å². The summed E-state index contributed by atoms with van der Waals surface area (Å²) in [6, 6.07) is 2.93. The molecule has 1 aliphatic carbocycles. The van der Waals surface area contributed by atoms with Crippen LogP contribution in [0.15, 0.2) is 29.8 Å². The number of fused-ring (bicyclic) bond motifs is 1. The van der Waals surface area contributed by atoms with Crippen LogP contribution in [0, 0.1) is 41.1 Å². The molecule has 4 rings (SSSR count). The molecule has 1 aliphatic heterocycles. The first kappa shape index (κ1) is 28.4. The van der Waals surface area contributed by atoms with Crippen molar-refractivity contribution in [3.05, 3.63) is 52.9 Å². The summed E-state index contributed by atoms with van der Waals surface area (Å²) in [4.78, 5) is 0. The molecule has 0 radical (unpaired) electrons. The van der Waals surface area contributed by atoms with Crippen molar-refractivity contribution in [1.29, 1.82) is 0 Å². The van der Waals surface area contributed by atoms with E-state index in [1.165, 1.54) is 49.7 Å². The highest BCUT2D eigenvalue weighted by Crippen LogP contribution is 2.36. The minimum Gasteiger partial charge on any atom is -0.491 e. The zero-order valence-corrected chi connectivity index (χ0v) is 21.4. The first-order valence-electron chi connectivity index (χ1n) is 13.3. The summed E-state index contributed by atoms with van der Waals surface area (Å²) in [7, 11) is 0. The highest BCUT2D eigenvalue weighted by Gasteiger charge is 2.27. The molecule has 1 fully saturated rings. The maximum atomic E-state index is 14.7. The topological polar surface area (TPSA) is 18.5 Å². The third-order valence-electron chi connectivity index (χ3n) is 7.48. The molecule has 0 amide bonds. The number of hydrogen-bond acceptors (Lipinski definition) is 2. The smallest absolute Gasteiger partial charge is 0.458 e. The normalized spacial score (nSPS) is 22.1. The van der Waals surface area contributed by atoms with E-state index in [1.54, 1.807) is 0 Å². The molecule has 2 aromatic carbocycles. The summed E-state index contributed by atoms with van der Waals surface area (Å²) in [6.45, 7) is 2.97. The minimum absolute atomic E-state index is 0.0535. The molecular weight excluding hydrogens is 506 g/mol. The second kappa shape index (κ2) is 12.5. The third kappa shape index (κ3) is 7.25. The molecule has 38 heavy (non-hydrogen) atoms. The van der Waals surface area contributed by atoms with E-state index < -0.39 is 34.6 Å². The van der Waals surface area contributed by atoms with E-state index >= 15 is 0 Å². The summed E-state index contributed by atoms with van der Waals surface area (Å²) in [6.07, 6.45) is 7.70. The highest BCUT2D eigenvalue weighted by atomic mass is 19.4. The number of rotatable bonds is 8. The van der Waals surface area contributed by atoms with Gasteiger partial charge in [-0.2, -0.15) is 13.2 Å². The number of hydrogen-bond donors (Lipinski definition) is 0. The van der Waals surface area contributed by atoms with Gasteiger partial charge in [-0.1, -0.05) is 50.2 Å². The Kier molecular flexibility index (Phi) is 9.30. The molecule has 1 heterocycles. The lowest BCUT2D eigenvalue weighted by atomic mass is 9.80. The second-order valence-corrected chi connectivity index (χ2v) is 10.3. The molecule has 1 saturated heterocycles. The average molecular weight is 539 g/mol. The Hall–Kier alpha value is -2.66. The van der Waals surface area contributed by atoms with Crippen LogP contribution in [-0.2, 0) is 4.74 Å². The van der Waals surface area contributed by atoms with Crippen LogP contribution in [0.1, 0.15) is 70.3 Å². The van der Waals surface area contributed by atoms with Gasteiger partial charge >= 0.3 is 6.18 Å². The Bertz CT molecular complexity index is 1220. The fourth-order valence-corrected chi connectivity index (χ4v) is 5.36. The van der Waals surface area contributed by atoms with Crippen molar-refractivity contribution in [2.75, 3.05) is 13.2 Å². The predicted octanol–water partition coefficient (Wildman–Crippen LogP) is 8.65. The van der Waals surface area contributed by atoms with Crippen LogP contribution < -0.4 is 4.74 Å². The van der Waals surface area contributed by atoms with Gasteiger partial charge in [-0.05, 0) is 55.5 Å². The molecule has 3 atom stereocenters. The summed E-state index contributed by atoms with van der Waals surface area (Å²) in [5, 5.41) is -0.815. The van der Waals surface area contributed by atoms with Crippen LogP contribution in [0.4, 0.5) is 26.3 Å². The van der Waals surface area contributed by atoms with Gasteiger partial charge in [-0.15, -0.1) is 0 Å². The van der Waals surface area contributed by atoms with E-state index in [0.717, 1.165) is 49.7 Å². The average Bonchev–Trinajstić information content (AvgIpc) is 2.87. The van der Waals surface area contributed by atoms with Gasteiger partial charge in [-0.25, -0.2) is 13.2 Å². The summed E-state index contributed by atoms with van der Waals surface area (Å²) in [5.41, 5.74) is 0.351. The summed E-state index contributed by atoms with van der Waals surface area (Å²) >= 11 is 0. The van der Waals surface area contributed by atoms with Crippen molar-refractivity contribution < 1.29 is 35.8 Å². The summed E-state index contributed by atoms with van der Waals surface area (Å²) in [5.74, 6) is -0.387. The van der Waals surface area contributed by atoms with Gasteiger partial charge in [0.2, 0.25) is 0 Å². The zero-order valence-electron chi connectivity index (χ0n) is 21.4. The van der Waals surface area contributed by atoms with Gasteiger partial charge < -0.3 is 9.47 Å². The Morgan fingerprint density at radius 3 is 2.50 bits per heavy atom. The monoisotopic (exact) mass is 538 g/mol. The quantitative estimate of drug-likeness (QED) is 0.145. The number of ether oxygens (including phenoxy) is 2. The van der Waals surface area contributed by atoms with Gasteiger partial charge in [0, 0.05) is 17.9 Å². The molecule has 2 aliphatic rings. The maximum absolute atomic E-state index is 14.7. The van der Waals surface area contributed by atoms with Crippen molar-refractivity contribution in [3.8, 4) is 17.6 Å². The van der Waals surface area contributed by atoms with Gasteiger partial charge in [0.25, 0.3) is 0 Å². The Morgan fingerprint density at radius 2 is 1.84 bits per heavy atom. The molecule has 0 N–H and O–H groups in total. The van der Waals surface area contributed by atoms with Crippen molar-refractivity contribution >= 4 is 10.8 Å².